The summed E-state index contributed by atoms with van der Waals surface area (Å²) >= 11 is 0. The van der Waals surface area contributed by atoms with Gasteiger partial charge in [0, 0.05) is 37.7 Å². The Balaban J connectivity index is 1.31. The third kappa shape index (κ3) is 4.41. The Hall–Kier alpha value is -3.90. The maximum Gasteiger partial charge on any atom is 0.319 e. The number of hydrogen-bond donors (Lipinski definition) is 2. The van der Waals surface area contributed by atoms with E-state index in [1.54, 1.807) is 0 Å². The van der Waals surface area contributed by atoms with Gasteiger partial charge < -0.3 is 24.8 Å². The van der Waals surface area contributed by atoms with E-state index in [4.69, 9.17) is 14.5 Å². The number of nitrogens with zero attached hydrogens (tertiary/aromatic N) is 5. The van der Waals surface area contributed by atoms with Gasteiger partial charge in [-0.05, 0) is 60.8 Å². The zero-order valence-corrected chi connectivity index (χ0v) is 24.3. The van der Waals surface area contributed by atoms with E-state index in [9.17, 15) is 13.9 Å². The molecule has 4 aromatic rings. The van der Waals surface area contributed by atoms with Crippen molar-refractivity contribution in [3.8, 4) is 28.9 Å². The SMILES string of the molecule is CC[C@@H]1CN2c3nc(OC[C@@]45CCCN4C[C@H](F)C5)nc4c(F)c(-c5cc(O)cc6ccc(F)cc56)nc(c34)OC[C@H]2CN1. The summed E-state index contributed by atoms with van der Waals surface area (Å²) in [5.74, 6) is -0.745. The van der Waals surface area contributed by atoms with Gasteiger partial charge in [-0.2, -0.15) is 9.97 Å². The number of phenols is 1. The standard InChI is InChI=1S/C32H33F3N6O3/c1-2-20-14-41-21(12-36-20)15-43-30-25-28(26(35)27(37-30)24-10-22(42)8-17-4-5-18(33)9-23(17)24)38-31(39-29(25)41)44-16-32-6-3-7-40(32)13-19(34)11-32/h4-5,8-10,19-21,36,42H,2-3,6-7,11-16H2,1H3/t19-,20-,21-,32+/m1/s1. The van der Waals surface area contributed by atoms with Crippen molar-refractivity contribution in [2.45, 2.75) is 56.4 Å². The van der Waals surface area contributed by atoms with E-state index < -0.39 is 23.3 Å². The molecule has 6 heterocycles. The molecular weight excluding hydrogens is 573 g/mol. The molecule has 4 aliphatic rings. The van der Waals surface area contributed by atoms with Gasteiger partial charge in [-0.25, -0.2) is 18.2 Å². The number of hydrogen-bond acceptors (Lipinski definition) is 9. The first-order chi connectivity index (χ1) is 21.3. The fraction of sp³-hybridized carbons (Fsp3) is 0.469. The van der Waals surface area contributed by atoms with E-state index in [0.717, 1.165) is 25.8 Å². The van der Waals surface area contributed by atoms with Crippen molar-refractivity contribution >= 4 is 27.5 Å². The fourth-order valence-corrected chi connectivity index (χ4v) is 7.54. The molecule has 2 aromatic heterocycles. The molecule has 0 spiro atoms. The first-order valence-electron chi connectivity index (χ1n) is 15.3. The summed E-state index contributed by atoms with van der Waals surface area (Å²) in [5.41, 5.74) is -0.398. The van der Waals surface area contributed by atoms with E-state index in [1.165, 1.54) is 30.3 Å². The Kier molecular flexibility index (Phi) is 6.49. The minimum absolute atomic E-state index is 0.00271. The lowest BCUT2D eigenvalue weighted by molar-refractivity contribution is 0.107. The third-order valence-electron chi connectivity index (χ3n) is 9.78. The van der Waals surface area contributed by atoms with Crippen LogP contribution in [0.3, 0.4) is 0 Å². The van der Waals surface area contributed by atoms with Crippen molar-refractivity contribution in [1.82, 2.24) is 25.2 Å². The molecule has 230 valence electrons. The van der Waals surface area contributed by atoms with Crippen LogP contribution in [-0.2, 0) is 0 Å². The Labute approximate surface area is 252 Å². The van der Waals surface area contributed by atoms with E-state index in [1.807, 2.05) is 0 Å². The topological polar surface area (TPSA) is 95.9 Å². The number of phenolic OH excluding ortho intramolecular Hbond substituents is 1. The lowest BCUT2D eigenvalue weighted by Crippen LogP contribution is -2.58. The number of halogens is 3. The van der Waals surface area contributed by atoms with Crippen molar-refractivity contribution in [2.75, 3.05) is 44.3 Å². The second kappa shape index (κ2) is 10.3. The first kappa shape index (κ1) is 27.6. The molecule has 4 atom stereocenters. The molecule has 0 bridgehead atoms. The lowest BCUT2D eigenvalue weighted by Gasteiger charge is -2.39. The van der Waals surface area contributed by atoms with E-state index in [0.29, 0.717) is 48.0 Å². The summed E-state index contributed by atoms with van der Waals surface area (Å²) in [6.07, 6.45) is 2.13. The van der Waals surface area contributed by atoms with Gasteiger partial charge in [-0.3, -0.25) is 4.90 Å². The highest BCUT2D eigenvalue weighted by atomic mass is 19.1. The molecule has 0 amide bonds. The van der Waals surface area contributed by atoms with E-state index >= 15 is 4.39 Å². The van der Waals surface area contributed by atoms with Crippen molar-refractivity contribution in [3.63, 3.8) is 0 Å². The number of pyridine rings is 1. The Morgan fingerprint density at radius 1 is 1.16 bits per heavy atom. The van der Waals surface area contributed by atoms with Gasteiger partial charge in [0.15, 0.2) is 5.82 Å². The van der Waals surface area contributed by atoms with Crippen molar-refractivity contribution in [2.24, 2.45) is 0 Å². The summed E-state index contributed by atoms with van der Waals surface area (Å²) in [6, 6.07) is 7.03. The predicted octanol–water partition coefficient (Wildman–Crippen LogP) is 4.73. The quantitative estimate of drug-likeness (QED) is 0.334. The van der Waals surface area contributed by atoms with Crippen LogP contribution in [0.5, 0.6) is 17.6 Å². The summed E-state index contributed by atoms with van der Waals surface area (Å²) in [5, 5.41) is 15.3. The van der Waals surface area contributed by atoms with Crippen molar-refractivity contribution < 1.29 is 27.8 Å². The predicted molar refractivity (Wildman–Crippen MR) is 159 cm³/mol. The van der Waals surface area contributed by atoms with Gasteiger partial charge in [0.25, 0.3) is 0 Å². The van der Waals surface area contributed by atoms with Gasteiger partial charge in [0.05, 0.1) is 11.6 Å². The van der Waals surface area contributed by atoms with Crippen LogP contribution in [0, 0.1) is 11.6 Å². The van der Waals surface area contributed by atoms with Gasteiger partial charge in [-0.1, -0.05) is 13.0 Å². The molecule has 3 saturated heterocycles. The van der Waals surface area contributed by atoms with Crippen LogP contribution >= 0.6 is 0 Å². The zero-order chi connectivity index (χ0) is 30.2. The minimum atomic E-state index is -0.915. The van der Waals surface area contributed by atoms with Crippen LogP contribution < -0.4 is 19.7 Å². The van der Waals surface area contributed by atoms with Gasteiger partial charge in [-0.15, -0.1) is 0 Å². The summed E-state index contributed by atoms with van der Waals surface area (Å²) in [6.45, 7) is 5.03. The van der Waals surface area contributed by atoms with Gasteiger partial charge in [0.1, 0.15) is 53.4 Å². The third-order valence-corrected chi connectivity index (χ3v) is 9.78. The number of alkyl halides is 1. The maximum atomic E-state index is 16.8. The Bertz CT molecular complexity index is 1790. The number of nitrogens with one attached hydrogen (secondary N) is 1. The molecule has 8 rings (SSSR count). The van der Waals surface area contributed by atoms with Gasteiger partial charge in [0.2, 0.25) is 5.88 Å². The smallest absolute Gasteiger partial charge is 0.319 e. The second-order valence-corrected chi connectivity index (χ2v) is 12.5. The number of anilines is 1. The number of fused-ring (bicyclic) bond motifs is 4. The number of rotatable bonds is 5. The summed E-state index contributed by atoms with van der Waals surface area (Å²) in [7, 11) is 0. The molecule has 2 aromatic carbocycles. The number of ether oxygens (including phenoxy) is 2. The molecule has 3 fully saturated rings. The number of aromatic nitrogens is 3. The molecule has 44 heavy (non-hydrogen) atoms. The molecule has 0 aliphatic carbocycles. The van der Waals surface area contributed by atoms with Crippen molar-refractivity contribution in [1.29, 1.82) is 0 Å². The molecule has 0 radical (unpaired) electrons. The van der Waals surface area contributed by atoms with E-state index in [2.05, 4.69) is 32.0 Å². The van der Waals surface area contributed by atoms with Crippen LogP contribution in [-0.4, -0.2) is 88.1 Å². The van der Waals surface area contributed by atoms with E-state index in [-0.39, 0.29) is 59.7 Å². The van der Waals surface area contributed by atoms with Gasteiger partial charge >= 0.3 is 6.01 Å². The molecule has 0 saturated carbocycles. The minimum Gasteiger partial charge on any atom is -0.508 e. The zero-order valence-electron chi connectivity index (χ0n) is 24.3. The van der Waals surface area contributed by atoms with Crippen LogP contribution in [0.15, 0.2) is 30.3 Å². The lowest BCUT2D eigenvalue weighted by atomic mass is 9.95. The molecule has 4 aliphatic heterocycles. The number of benzene rings is 2. The Morgan fingerprint density at radius 2 is 2.05 bits per heavy atom. The maximum absolute atomic E-state index is 16.8. The van der Waals surface area contributed by atoms with Crippen LogP contribution in [0.2, 0.25) is 0 Å². The highest BCUT2D eigenvalue weighted by Crippen LogP contribution is 2.44. The average Bonchev–Trinajstić information content (AvgIpc) is 3.49. The molecular formula is C32H33F3N6O3. The molecule has 0 unspecified atom stereocenters. The number of aromatic hydroxyl groups is 1. The van der Waals surface area contributed by atoms with Crippen molar-refractivity contribution in [3.05, 3.63) is 42.0 Å². The summed E-state index contributed by atoms with van der Waals surface area (Å²) in [4.78, 5) is 18.3. The first-order valence-corrected chi connectivity index (χ1v) is 15.3. The summed E-state index contributed by atoms with van der Waals surface area (Å²) < 4.78 is 58.1. The molecule has 12 heteroatoms. The van der Waals surface area contributed by atoms with Crippen LogP contribution in [0.1, 0.15) is 32.6 Å². The monoisotopic (exact) mass is 606 g/mol. The second-order valence-electron chi connectivity index (χ2n) is 12.5. The van der Waals surface area contributed by atoms with Crippen LogP contribution in [0.25, 0.3) is 32.9 Å². The highest BCUT2D eigenvalue weighted by molar-refractivity contribution is 6.02. The molecule has 2 N–H and O–H groups in total. The fourth-order valence-electron chi connectivity index (χ4n) is 7.54. The highest BCUT2D eigenvalue weighted by Gasteiger charge is 2.49. The molecule has 9 nitrogen and oxygen atoms in total. The largest absolute Gasteiger partial charge is 0.508 e. The van der Waals surface area contributed by atoms with Crippen LogP contribution in [0.4, 0.5) is 19.0 Å². The average molecular weight is 607 g/mol. The number of piperazine rings is 1. The Morgan fingerprint density at radius 3 is 2.91 bits per heavy atom. The normalized spacial score (nSPS) is 26.5.